The molecule has 90 valence electrons. The van der Waals surface area contributed by atoms with E-state index in [1.54, 1.807) is 0 Å². The van der Waals surface area contributed by atoms with E-state index >= 15 is 0 Å². The Hall–Kier alpha value is -1.09. The molecule has 0 atom stereocenters. The number of rotatable bonds is 6. The highest BCUT2D eigenvalue weighted by molar-refractivity contribution is 6.32. The Labute approximate surface area is 101 Å². The summed E-state index contributed by atoms with van der Waals surface area (Å²) >= 11 is 5.96. The van der Waals surface area contributed by atoms with Gasteiger partial charge in [-0.05, 0) is 13.3 Å². The Kier molecular flexibility index (Phi) is 5.26. The second kappa shape index (κ2) is 6.48. The van der Waals surface area contributed by atoms with Gasteiger partial charge in [-0.2, -0.15) is 0 Å². The Balaban J connectivity index is 2.85. The normalized spacial score (nSPS) is 10.2. The van der Waals surface area contributed by atoms with Crippen molar-refractivity contribution in [1.29, 1.82) is 0 Å². The number of halogens is 1. The van der Waals surface area contributed by atoms with Gasteiger partial charge >= 0.3 is 0 Å². The topological polar surface area (TPSA) is 38.7 Å². The van der Waals surface area contributed by atoms with Gasteiger partial charge in [0.15, 0.2) is 11.5 Å². The van der Waals surface area contributed by atoms with Crippen LogP contribution in [0, 0.1) is 0 Å². The van der Waals surface area contributed by atoms with Gasteiger partial charge in [0.05, 0.1) is 18.2 Å². The predicted molar refractivity (Wildman–Crippen MR) is 64.7 cm³/mol. The Bertz CT molecular complexity index is 339. The quantitative estimate of drug-likeness (QED) is 0.777. The van der Waals surface area contributed by atoms with Crippen LogP contribution in [0.3, 0.4) is 0 Å². The summed E-state index contributed by atoms with van der Waals surface area (Å²) in [5.74, 6) is 1.08. The highest BCUT2D eigenvalue weighted by Gasteiger charge is 2.11. The molecule has 0 saturated heterocycles. The van der Waals surface area contributed by atoms with Crippen molar-refractivity contribution >= 4 is 11.6 Å². The van der Waals surface area contributed by atoms with Gasteiger partial charge in [0.25, 0.3) is 0 Å². The Morgan fingerprint density at radius 2 is 2.00 bits per heavy atom. The summed E-state index contributed by atoms with van der Waals surface area (Å²) in [4.78, 5) is 0. The van der Waals surface area contributed by atoms with Crippen LogP contribution < -0.4 is 9.47 Å². The van der Waals surface area contributed by atoms with Crippen molar-refractivity contribution in [2.24, 2.45) is 0 Å². The van der Waals surface area contributed by atoms with Gasteiger partial charge in [-0.3, -0.25) is 0 Å². The number of hydrogen-bond acceptors (Lipinski definition) is 3. The van der Waals surface area contributed by atoms with Crippen molar-refractivity contribution < 1.29 is 14.6 Å². The maximum absolute atomic E-state index is 9.42. The first kappa shape index (κ1) is 13.0. The van der Waals surface area contributed by atoms with Gasteiger partial charge in [0.2, 0.25) is 0 Å². The van der Waals surface area contributed by atoms with Crippen molar-refractivity contribution in [3.8, 4) is 17.2 Å². The van der Waals surface area contributed by atoms with Crippen LogP contribution in [0.1, 0.15) is 26.7 Å². The Morgan fingerprint density at radius 3 is 2.62 bits per heavy atom. The van der Waals surface area contributed by atoms with Crippen molar-refractivity contribution in [2.75, 3.05) is 13.2 Å². The lowest BCUT2D eigenvalue weighted by molar-refractivity contribution is 0.271. The zero-order chi connectivity index (χ0) is 12.0. The van der Waals surface area contributed by atoms with E-state index < -0.39 is 0 Å². The summed E-state index contributed by atoms with van der Waals surface area (Å²) in [6, 6.07) is 2.96. The molecule has 0 aliphatic rings. The average molecular weight is 245 g/mol. The fourth-order valence-electron chi connectivity index (χ4n) is 1.27. The highest BCUT2D eigenvalue weighted by atomic mass is 35.5. The van der Waals surface area contributed by atoms with E-state index in [1.807, 2.05) is 6.92 Å². The monoisotopic (exact) mass is 244 g/mol. The number of aromatic hydroxyl groups is 1. The van der Waals surface area contributed by atoms with Gasteiger partial charge < -0.3 is 14.6 Å². The molecule has 3 nitrogen and oxygen atoms in total. The lowest BCUT2D eigenvalue weighted by Crippen LogP contribution is -2.01. The fraction of sp³-hybridized carbons (Fsp3) is 0.500. The van der Waals surface area contributed by atoms with E-state index in [9.17, 15) is 5.11 Å². The van der Waals surface area contributed by atoms with Crippen molar-refractivity contribution in [1.82, 2.24) is 0 Å². The van der Waals surface area contributed by atoms with E-state index in [-0.39, 0.29) is 5.75 Å². The molecule has 0 saturated carbocycles. The summed E-state index contributed by atoms with van der Waals surface area (Å²) in [5.41, 5.74) is 0. The summed E-state index contributed by atoms with van der Waals surface area (Å²) in [6.45, 7) is 5.06. The van der Waals surface area contributed by atoms with Crippen LogP contribution in [-0.4, -0.2) is 18.3 Å². The number of phenolic OH excluding ortho intramolecular Hbond substituents is 1. The van der Waals surface area contributed by atoms with Gasteiger partial charge in [-0.25, -0.2) is 0 Å². The molecule has 0 heterocycles. The molecule has 0 bridgehead atoms. The highest BCUT2D eigenvalue weighted by Crippen LogP contribution is 2.38. The van der Waals surface area contributed by atoms with Crippen LogP contribution in [0.4, 0.5) is 0 Å². The summed E-state index contributed by atoms with van der Waals surface area (Å²) in [6.07, 6.45) is 2.01. The smallest absolute Gasteiger partial charge is 0.180 e. The van der Waals surface area contributed by atoms with Crippen LogP contribution in [0.15, 0.2) is 12.1 Å². The minimum absolute atomic E-state index is 0.0833. The van der Waals surface area contributed by atoms with Crippen LogP contribution in [0.25, 0.3) is 0 Å². The van der Waals surface area contributed by atoms with Gasteiger partial charge in [0, 0.05) is 12.1 Å². The van der Waals surface area contributed by atoms with E-state index in [4.69, 9.17) is 21.1 Å². The van der Waals surface area contributed by atoms with Crippen LogP contribution in [0.5, 0.6) is 17.2 Å². The second-order valence-electron chi connectivity index (χ2n) is 3.39. The summed E-state index contributed by atoms with van der Waals surface area (Å²) < 4.78 is 10.9. The lowest BCUT2D eigenvalue weighted by Gasteiger charge is -2.13. The standard InChI is InChI=1S/C12H17ClO3/c1-3-5-6-16-11-8-9(14)7-10(13)12(11)15-4-2/h7-8,14H,3-6H2,1-2H3. The lowest BCUT2D eigenvalue weighted by atomic mass is 10.3. The summed E-state index contributed by atoms with van der Waals surface area (Å²) in [7, 11) is 0. The molecule has 1 N–H and O–H groups in total. The third-order valence-corrected chi connectivity index (χ3v) is 2.32. The van der Waals surface area contributed by atoms with E-state index in [0.717, 1.165) is 12.8 Å². The zero-order valence-electron chi connectivity index (χ0n) is 9.62. The van der Waals surface area contributed by atoms with Crippen LogP contribution in [-0.2, 0) is 0 Å². The molecule has 0 aliphatic carbocycles. The largest absolute Gasteiger partial charge is 0.508 e. The first-order valence-corrected chi connectivity index (χ1v) is 5.85. The van der Waals surface area contributed by atoms with Crippen LogP contribution >= 0.6 is 11.6 Å². The molecule has 16 heavy (non-hydrogen) atoms. The second-order valence-corrected chi connectivity index (χ2v) is 3.80. The fourth-order valence-corrected chi connectivity index (χ4v) is 1.53. The molecule has 0 aromatic heterocycles. The SMILES string of the molecule is CCCCOc1cc(O)cc(Cl)c1OCC. The third-order valence-electron chi connectivity index (χ3n) is 2.04. The molecule has 1 aromatic rings. The molecule has 1 rings (SSSR count). The predicted octanol–water partition coefficient (Wildman–Crippen LogP) is 3.62. The van der Waals surface area contributed by atoms with Crippen LogP contribution in [0.2, 0.25) is 5.02 Å². The van der Waals surface area contributed by atoms with E-state index in [2.05, 4.69) is 6.92 Å². The summed E-state index contributed by atoms with van der Waals surface area (Å²) in [5, 5.41) is 9.79. The van der Waals surface area contributed by atoms with Crippen molar-refractivity contribution in [3.05, 3.63) is 17.2 Å². The number of phenols is 1. The van der Waals surface area contributed by atoms with Gasteiger partial charge in [0.1, 0.15) is 5.75 Å². The molecule has 0 spiro atoms. The number of benzene rings is 1. The maximum Gasteiger partial charge on any atom is 0.180 e. The number of unbranched alkanes of at least 4 members (excludes halogenated alkanes) is 1. The third kappa shape index (κ3) is 3.49. The van der Waals surface area contributed by atoms with Crippen molar-refractivity contribution in [2.45, 2.75) is 26.7 Å². The van der Waals surface area contributed by atoms with E-state index in [0.29, 0.717) is 29.7 Å². The molecular formula is C12H17ClO3. The first-order valence-electron chi connectivity index (χ1n) is 5.47. The first-order chi connectivity index (χ1) is 7.69. The molecule has 1 aromatic carbocycles. The minimum Gasteiger partial charge on any atom is -0.508 e. The Morgan fingerprint density at radius 1 is 1.25 bits per heavy atom. The number of hydrogen-bond donors (Lipinski definition) is 1. The van der Waals surface area contributed by atoms with E-state index in [1.165, 1.54) is 12.1 Å². The molecular weight excluding hydrogens is 228 g/mol. The molecule has 0 fully saturated rings. The molecule has 0 unspecified atom stereocenters. The average Bonchev–Trinajstić information content (AvgIpc) is 2.23. The van der Waals surface area contributed by atoms with Gasteiger partial charge in [-0.15, -0.1) is 0 Å². The minimum atomic E-state index is 0.0833. The maximum atomic E-state index is 9.42. The van der Waals surface area contributed by atoms with Crippen molar-refractivity contribution in [3.63, 3.8) is 0 Å². The number of ether oxygens (including phenoxy) is 2. The molecule has 0 radical (unpaired) electrons. The van der Waals surface area contributed by atoms with Gasteiger partial charge in [-0.1, -0.05) is 24.9 Å². The molecule has 0 aliphatic heterocycles. The molecule has 4 heteroatoms. The molecule has 0 amide bonds. The zero-order valence-corrected chi connectivity index (χ0v) is 10.4.